The Hall–Kier alpha value is -2.41. The number of fused-ring (bicyclic) bond motifs is 1. The molecule has 0 heterocycles. The first kappa shape index (κ1) is 18.4. The molecule has 26 heavy (non-hydrogen) atoms. The smallest absolute Gasteiger partial charge is 0.251 e. The number of hydrogen-bond donors (Lipinski definition) is 2. The van der Waals surface area contributed by atoms with E-state index < -0.39 is 10.0 Å². The fourth-order valence-electron chi connectivity index (χ4n) is 2.58. The highest BCUT2D eigenvalue weighted by Crippen LogP contribution is 2.18. The van der Waals surface area contributed by atoms with Crippen molar-refractivity contribution < 1.29 is 13.2 Å². The average molecular weight is 389 g/mol. The van der Waals surface area contributed by atoms with Crippen LogP contribution >= 0.6 is 11.6 Å². The van der Waals surface area contributed by atoms with E-state index in [1.807, 2.05) is 36.4 Å². The molecule has 7 heteroatoms. The van der Waals surface area contributed by atoms with Gasteiger partial charge in [-0.3, -0.25) is 4.79 Å². The molecular formula is C19H17ClN2O3S. The van der Waals surface area contributed by atoms with Crippen LogP contribution in [0.1, 0.15) is 10.4 Å². The molecule has 0 radical (unpaired) electrons. The van der Waals surface area contributed by atoms with Gasteiger partial charge in [0.05, 0.1) is 4.90 Å². The minimum atomic E-state index is -3.63. The summed E-state index contributed by atoms with van der Waals surface area (Å²) in [5.41, 5.74) is 0.559. The third-order valence-corrected chi connectivity index (χ3v) is 5.59. The Kier molecular flexibility index (Phi) is 5.56. The summed E-state index contributed by atoms with van der Waals surface area (Å²) in [5.74, 6) is -0.243. The van der Waals surface area contributed by atoms with Gasteiger partial charge in [-0.05, 0) is 41.1 Å². The Bertz CT molecular complexity index is 1030. The van der Waals surface area contributed by atoms with Gasteiger partial charge in [0.1, 0.15) is 0 Å². The zero-order chi connectivity index (χ0) is 18.6. The van der Waals surface area contributed by atoms with Crippen molar-refractivity contribution in [2.24, 2.45) is 0 Å². The monoisotopic (exact) mass is 388 g/mol. The molecule has 2 N–H and O–H groups in total. The highest BCUT2D eigenvalue weighted by atomic mass is 35.5. The van der Waals surface area contributed by atoms with Gasteiger partial charge in [-0.1, -0.05) is 48.0 Å². The largest absolute Gasteiger partial charge is 0.351 e. The van der Waals surface area contributed by atoms with E-state index in [9.17, 15) is 13.2 Å². The van der Waals surface area contributed by atoms with Gasteiger partial charge in [-0.2, -0.15) is 0 Å². The molecule has 0 aromatic heterocycles. The number of rotatable bonds is 6. The van der Waals surface area contributed by atoms with Crippen LogP contribution in [0, 0.1) is 0 Å². The minimum absolute atomic E-state index is 0.0848. The fourth-order valence-corrected chi connectivity index (χ4v) is 3.73. The van der Waals surface area contributed by atoms with Crippen molar-refractivity contribution in [3.05, 3.63) is 77.3 Å². The van der Waals surface area contributed by atoms with Gasteiger partial charge in [-0.15, -0.1) is 0 Å². The van der Waals surface area contributed by atoms with Crippen molar-refractivity contribution in [1.82, 2.24) is 10.0 Å². The number of amides is 1. The maximum Gasteiger partial charge on any atom is 0.251 e. The SMILES string of the molecule is O=C(NCCNS(=O)(=O)c1ccc(Cl)cc1)c1cccc2ccccc12. The second-order valence-corrected chi connectivity index (χ2v) is 7.84. The second-order valence-electron chi connectivity index (χ2n) is 5.63. The Labute approximate surface area is 157 Å². The van der Waals surface area contributed by atoms with Crippen LogP contribution in [0.2, 0.25) is 5.02 Å². The Morgan fingerprint density at radius 1 is 0.885 bits per heavy atom. The second kappa shape index (κ2) is 7.86. The van der Waals surface area contributed by atoms with Crippen LogP contribution in [0.3, 0.4) is 0 Å². The fraction of sp³-hybridized carbons (Fsp3) is 0.105. The van der Waals surface area contributed by atoms with E-state index in [-0.39, 0.29) is 23.9 Å². The molecule has 0 saturated carbocycles. The summed E-state index contributed by atoms with van der Waals surface area (Å²) >= 11 is 5.76. The predicted molar refractivity (Wildman–Crippen MR) is 103 cm³/mol. The summed E-state index contributed by atoms with van der Waals surface area (Å²) in [4.78, 5) is 12.5. The summed E-state index contributed by atoms with van der Waals surface area (Å²) in [7, 11) is -3.63. The maximum absolute atomic E-state index is 12.4. The normalized spacial score (nSPS) is 11.4. The average Bonchev–Trinajstić information content (AvgIpc) is 2.65. The third-order valence-electron chi connectivity index (χ3n) is 3.86. The molecule has 134 valence electrons. The molecule has 0 bridgehead atoms. The number of halogens is 1. The lowest BCUT2D eigenvalue weighted by Gasteiger charge is -2.09. The highest BCUT2D eigenvalue weighted by Gasteiger charge is 2.14. The van der Waals surface area contributed by atoms with Gasteiger partial charge in [-0.25, -0.2) is 13.1 Å². The first-order chi connectivity index (χ1) is 12.5. The molecule has 0 atom stereocenters. The maximum atomic E-state index is 12.4. The lowest BCUT2D eigenvalue weighted by molar-refractivity contribution is 0.0956. The Balaban J connectivity index is 1.59. The Morgan fingerprint density at radius 2 is 1.58 bits per heavy atom. The van der Waals surface area contributed by atoms with Crippen LogP contribution in [0.25, 0.3) is 10.8 Å². The standard InChI is InChI=1S/C19H17ClN2O3S/c20-15-8-10-16(11-9-15)26(24,25)22-13-12-21-19(23)18-7-3-5-14-4-1-2-6-17(14)18/h1-11,22H,12-13H2,(H,21,23). The number of nitrogens with one attached hydrogen (secondary N) is 2. The molecule has 5 nitrogen and oxygen atoms in total. The van der Waals surface area contributed by atoms with Crippen LogP contribution in [0.5, 0.6) is 0 Å². The van der Waals surface area contributed by atoms with Gasteiger partial charge in [0.15, 0.2) is 0 Å². The molecule has 3 rings (SSSR count). The van der Waals surface area contributed by atoms with Crippen molar-refractivity contribution in [3.63, 3.8) is 0 Å². The third kappa shape index (κ3) is 4.22. The van der Waals surface area contributed by atoms with E-state index in [1.54, 1.807) is 6.07 Å². The summed E-state index contributed by atoms with van der Waals surface area (Å²) in [6.07, 6.45) is 0. The molecule has 1 amide bonds. The van der Waals surface area contributed by atoms with Crippen LogP contribution in [-0.4, -0.2) is 27.4 Å². The minimum Gasteiger partial charge on any atom is -0.351 e. The molecule has 0 fully saturated rings. The van der Waals surface area contributed by atoms with Gasteiger partial charge >= 0.3 is 0 Å². The van der Waals surface area contributed by atoms with Crippen LogP contribution in [0.15, 0.2) is 71.6 Å². The van der Waals surface area contributed by atoms with E-state index in [0.717, 1.165) is 10.8 Å². The van der Waals surface area contributed by atoms with Crippen LogP contribution < -0.4 is 10.0 Å². The molecule has 0 aliphatic heterocycles. The molecule has 0 saturated heterocycles. The zero-order valence-electron chi connectivity index (χ0n) is 13.8. The van der Waals surface area contributed by atoms with E-state index >= 15 is 0 Å². The highest BCUT2D eigenvalue weighted by molar-refractivity contribution is 7.89. The first-order valence-electron chi connectivity index (χ1n) is 7.98. The van der Waals surface area contributed by atoms with Gasteiger partial charge in [0, 0.05) is 23.7 Å². The van der Waals surface area contributed by atoms with Crippen LogP contribution in [-0.2, 0) is 10.0 Å². The lowest BCUT2D eigenvalue weighted by Crippen LogP contribution is -2.34. The van der Waals surface area contributed by atoms with Crippen molar-refractivity contribution in [2.45, 2.75) is 4.90 Å². The molecule has 0 spiro atoms. The summed E-state index contributed by atoms with van der Waals surface area (Å²) in [6, 6.07) is 19.0. The first-order valence-corrected chi connectivity index (χ1v) is 9.85. The molecule has 3 aromatic carbocycles. The van der Waals surface area contributed by atoms with E-state index in [2.05, 4.69) is 10.0 Å². The summed E-state index contributed by atoms with van der Waals surface area (Å²) in [5, 5.41) is 5.03. The topological polar surface area (TPSA) is 75.3 Å². The van der Waals surface area contributed by atoms with E-state index in [0.29, 0.717) is 10.6 Å². The number of benzene rings is 3. The Morgan fingerprint density at radius 3 is 2.35 bits per heavy atom. The van der Waals surface area contributed by atoms with Gasteiger partial charge in [0.2, 0.25) is 10.0 Å². The lowest BCUT2D eigenvalue weighted by atomic mass is 10.0. The summed E-state index contributed by atoms with van der Waals surface area (Å²) in [6.45, 7) is 0.260. The molecule has 0 aliphatic carbocycles. The zero-order valence-corrected chi connectivity index (χ0v) is 15.3. The van der Waals surface area contributed by atoms with Crippen molar-refractivity contribution >= 4 is 38.3 Å². The van der Waals surface area contributed by atoms with Crippen molar-refractivity contribution in [3.8, 4) is 0 Å². The van der Waals surface area contributed by atoms with Gasteiger partial charge in [0.25, 0.3) is 5.91 Å². The molecule has 0 unspecified atom stereocenters. The number of carbonyl (C=O) groups is 1. The quantitative estimate of drug-likeness (QED) is 0.637. The number of carbonyl (C=O) groups excluding carboxylic acids is 1. The van der Waals surface area contributed by atoms with Crippen molar-refractivity contribution in [1.29, 1.82) is 0 Å². The number of hydrogen-bond acceptors (Lipinski definition) is 3. The van der Waals surface area contributed by atoms with Crippen LogP contribution in [0.4, 0.5) is 0 Å². The molecule has 0 aliphatic rings. The summed E-state index contributed by atoms with van der Waals surface area (Å²) < 4.78 is 26.8. The molecular weight excluding hydrogens is 372 g/mol. The molecule has 3 aromatic rings. The van der Waals surface area contributed by atoms with E-state index in [1.165, 1.54) is 24.3 Å². The van der Waals surface area contributed by atoms with Gasteiger partial charge < -0.3 is 5.32 Å². The van der Waals surface area contributed by atoms with E-state index in [4.69, 9.17) is 11.6 Å². The van der Waals surface area contributed by atoms with Crippen molar-refractivity contribution in [2.75, 3.05) is 13.1 Å². The number of sulfonamides is 1. The predicted octanol–water partition coefficient (Wildman–Crippen LogP) is 3.20.